The largest absolute Gasteiger partial charge is 0.352 e. The van der Waals surface area contributed by atoms with Gasteiger partial charge < -0.3 is 5.32 Å². The molecule has 1 saturated carbocycles. The number of amides is 1. The van der Waals surface area contributed by atoms with Gasteiger partial charge in [-0.05, 0) is 18.4 Å². The van der Waals surface area contributed by atoms with Crippen LogP contribution in [0.5, 0.6) is 0 Å². The zero-order valence-corrected chi connectivity index (χ0v) is 14.2. The molecule has 0 unspecified atom stereocenters. The van der Waals surface area contributed by atoms with E-state index in [1.54, 1.807) is 0 Å². The number of aromatic nitrogens is 1. The van der Waals surface area contributed by atoms with Crippen molar-refractivity contribution in [2.24, 2.45) is 0 Å². The van der Waals surface area contributed by atoms with Crippen molar-refractivity contribution in [2.75, 3.05) is 4.72 Å². The summed E-state index contributed by atoms with van der Waals surface area (Å²) in [5, 5.41) is 4.70. The molecule has 8 heteroatoms. The van der Waals surface area contributed by atoms with Gasteiger partial charge in [-0.15, -0.1) is 11.3 Å². The molecule has 23 heavy (non-hydrogen) atoms. The van der Waals surface area contributed by atoms with Gasteiger partial charge in [0.2, 0.25) is 15.9 Å². The number of carbonyl (C=O) groups excluding carboxylic acids is 1. The summed E-state index contributed by atoms with van der Waals surface area (Å²) in [6.45, 7) is 1.97. The lowest BCUT2D eigenvalue weighted by molar-refractivity contribution is -0.119. The smallest absolute Gasteiger partial charge is 0.237 e. The third-order valence-electron chi connectivity index (χ3n) is 3.49. The summed E-state index contributed by atoms with van der Waals surface area (Å²) < 4.78 is 26.3. The predicted molar refractivity (Wildman–Crippen MR) is 90.6 cm³/mol. The van der Waals surface area contributed by atoms with Crippen LogP contribution < -0.4 is 10.0 Å². The average Bonchev–Trinajstić information content (AvgIpc) is 3.28. The Bertz CT molecular complexity index is 809. The molecule has 2 N–H and O–H groups in total. The summed E-state index contributed by atoms with van der Waals surface area (Å²) in [6.07, 6.45) is 1.45. The molecule has 1 aromatic heterocycles. The lowest BCUT2D eigenvalue weighted by Gasteiger charge is -2.04. The van der Waals surface area contributed by atoms with E-state index < -0.39 is 10.0 Å². The molecule has 1 aliphatic carbocycles. The Kier molecular flexibility index (Phi) is 4.36. The Morgan fingerprint density at radius 1 is 1.30 bits per heavy atom. The molecule has 0 aliphatic heterocycles. The first-order valence-corrected chi connectivity index (χ1v) is 9.67. The van der Waals surface area contributed by atoms with E-state index in [1.807, 2.05) is 29.6 Å². The Balaban J connectivity index is 1.69. The predicted octanol–water partition coefficient (Wildman–Crippen LogP) is 2.35. The number of benzene rings is 1. The van der Waals surface area contributed by atoms with Gasteiger partial charge in [-0.3, -0.25) is 9.52 Å². The highest BCUT2D eigenvalue weighted by Gasteiger charge is 2.36. The maximum atomic E-state index is 11.9. The SMILES string of the molecule is CC(=O)NCc1ccc(-c2csc(NS(=O)(=O)C3CC3)n2)cc1. The van der Waals surface area contributed by atoms with Crippen LogP contribution in [0.2, 0.25) is 0 Å². The van der Waals surface area contributed by atoms with Crippen LogP contribution in [0.1, 0.15) is 25.3 Å². The minimum Gasteiger partial charge on any atom is -0.352 e. The van der Waals surface area contributed by atoms with Crippen molar-refractivity contribution in [3.63, 3.8) is 0 Å². The van der Waals surface area contributed by atoms with Crippen molar-refractivity contribution < 1.29 is 13.2 Å². The fraction of sp³-hybridized carbons (Fsp3) is 0.333. The minimum atomic E-state index is -3.27. The molecule has 0 atom stereocenters. The van der Waals surface area contributed by atoms with Gasteiger partial charge in [0.1, 0.15) is 0 Å². The van der Waals surface area contributed by atoms with E-state index in [4.69, 9.17) is 0 Å². The van der Waals surface area contributed by atoms with Gasteiger partial charge in [0, 0.05) is 24.4 Å². The molecule has 1 fully saturated rings. The van der Waals surface area contributed by atoms with Gasteiger partial charge in [0.25, 0.3) is 0 Å². The molecule has 1 aliphatic rings. The fourth-order valence-electron chi connectivity index (χ4n) is 2.06. The standard InChI is InChI=1S/C15H17N3O3S2/c1-10(19)16-8-11-2-4-12(5-3-11)14-9-22-15(17-14)18-23(20,21)13-6-7-13/h2-5,9,13H,6-8H2,1H3,(H,16,19)(H,17,18). The minimum absolute atomic E-state index is 0.0684. The zero-order valence-electron chi connectivity index (χ0n) is 12.6. The van der Waals surface area contributed by atoms with Crippen molar-refractivity contribution in [1.29, 1.82) is 0 Å². The first-order chi connectivity index (χ1) is 10.9. The molecule has 2 aromatic rings. The first kappa shape index (κ1) is 15.9. The Labute approximate surface area is 139 Å². The topological polar surface area (TPSA) is 88.2 Å². The van der Waals surface area contributed by atoms with Crippen LogP contribution >= 0.6 is 11.3 Å². The van der Waals surface area contributed by atoms with E-state index in [0.717, 1.165) is 29.7 Å². The number of thiazole rings is 1. The number of nitrogens with zero attached hydrogens (tertiary/aromatic N) is 1. The van der Waals surface area contributed by atoms with Crippen LogP contribution in [0.3, 0.4) is 0 Å². The quantitative estimate of drug-likeness (QED) is 0.836. The van der Waals surface area contributed by atoms with Gasteiger partial charge in [-0.1, -0.05) is 24.3 Å². The number of sulfonamides is 1. The maximum absolute atomic E-state index is 11.9. The molecule has 6 nitrogen and oxygen atoms in total. The van der Waals surface area contributed by atoms with E-state index in [-0.39, 0.29) is 11.2 Å². The van der Waals surface area contributed by atoms with Crippen LogP contribution in [0.4, 0.5) is 5.13 Å². The second-order valence-corrected chi connectivity index (χ2v) is 8.31. The summed E-state index contributed by atoms with van der Waals surface area (Å²) in [6, 6.07) is 7.65. The second-order valence-electron chi connectivity index (χ2n) is 5.49. The van der Waals surface area contributed by atoms with Crippen molar-refractivity contribution in [3.8, 4) is 11.3 Å². The van der Waals surface area contributed by atoms with E-state index >= 15 is 0 Å². The van der Waals surface area contributed by atoms with E-state index in [2.05, 4.69) is 15.0 Å². The third kappa shape index (κ3) is 4.08. The van der Waals surface area contributed by atoms with Crippen molar-refractivity contribution in [2.45, 2.75) is 31.6 Å². The molecule has 3 rings (SSSR count). The van der Waals surface area contributed by atoms with E-state index in [0.29, 0.717) is 11.7 Å². The lowest BCUT2D eigenvalue weighted by Crippen LogP contribution is -2.18. The highest BCUT2D eigenvalue weighted by Crippen LogP contribution is 2.31. The molecule has 0 spiro atoms. The molecule has 0 saturated heterocycles. The van der Waals surface area contributed by atoms with Crippen molar-refractivity contribution >= 4 is 32.4 Å². The molecule has 1 amide bonds. The molecule has 0 bridgehead atoms. The number of carbonyl (C=O) groups is 1. The summed E-state index contributed by atoms with van der Waals surface area (Å²) in [5.74, 6) is -0.0684. The Hall–Kier alpha value is -1.93. The highest BCUT2D eigenvalue weighted by molar-refractivity contribution is 7.93. The monoisotopic (exact) mass is 351 g/mol. The molecule has 122 valence electrons. The Morgan fingerprint density at radius 3 is 2.61 bits per heavy atom. The number of hydrogen-bond donors (Lipinski definition) is 2. The van der Waals surface area contributed by atoms with Gasteiger partial charge in [0.05, 0.1) is 10.9 Å². The number of rotatable bonds is 6. The zero-order chi connectivity index (χ0) is 16.4. The van der Waals surface area contributed by atoms with Crippen LogP contribution in [0.25, 0.3) is 11.3 Å². The molecular formula is C15H17N3O3S2. The van der Waals surface area contributed by atoms with Gasteiger partial charge >= 0.3 is 0 Å². The second kappa shape index (κ2) is 6.29. The average molecular weight is 351 g/mol. The summed E-state index contributed by atoms with van der Waals surface area (Å²) >= 11 is 1.28. The van der Waals surface area contributed by atoms with Gasteiger partial charge in [-0.25, -0.2) is 13.4 Å². The fourth-order valence-corrected chi connectivity index (χ4v) is 4.37. The normalized spacial score (nSPS) is 14.5. The molecule has 1 aromatic carbocycles. The molecule has 1 heterocycles. The van der Waals surface area contributed by atoms with Crippen molar-refractivity contribution in [3.05, 3.63) is 35.2 Å². The lowest BCUT2D eigenvalue weighted by atomic mass is 10.1. The number of hydrogen-bond acceptors (Lipinski definition) is 5. The summed E-state index contributed by atoms with van der Waals surface area (Å²) in [5.41, 5.74) is 2.63. The van der Waals surface area contributed by atoms with Gasteiger partial charge in [-0.2, -0.15) is 0 Å². The van der Waals surface area contributed by atoms with Gasteiger partial charge in [0.15, 0.2) is 5.13 Å². The maximum Gasteiger partial charge on any atom is 0.237 e. The first-order valence-electron chi connectivity index (χ1n) is 7.25. The Morgan fingerprint density at radius 2 is 2.00 bits per heavy atom. The highest BCUT2D eigenvalue weighted by atomic mass is 32.2. The van der Waals surface area contributed by atoms with Crippen LogP contribution in [0, 0.1) is 0 Å². The van der Waals surface area contributed by atoms with Crippen LogP contribution in [-0.2, 0) is 21.4 Å². The number of nitrogens with one attached hydrogen (secondary N) is 2. The molecule has 0 radical (unpaired) electrons. The summed E-state index contributed by atoms with van der Waals surface area (Å²) in [4.78, 5) is 15.2. The van der Waals surface area contributed by atoms with Crippen LogP contribution in [0.15, 0.2) is 29.6 Å². The summed E-state index contributed by atoms with van der Waals surface area (Å²) in [7, 11) is -3.27. The number of anilines is 1. The van der Waals surface area contributed by atoms with Crippen molar-refractivity contribution in [1.82, 2.24) is 10.3 Å². The molecular weight excluding hydrogens is 334 g/mol. The van der Waals surface area contributed by atoms with Crippen LogP contribution in [-0.4, -0.2) is 24.6 Å². The van der Waals surface area contributed by atoms with E-state index in [9.17, 15) is 13.2 Å². The third-order valence-corrected chi connectivity index (χ3v) is 6.20. The van der Waals surface area contributed by atoms with E-state index in [1.165, 1.54) is 18.3 Å².